The molecule has 140 valence electrons. The van der Waals surface area contributed by atoms with E-state index in [1.807, 2.05) is 18.2 Å². The molecule has 1 aromatic heterocycles. The SMILES string of the molecule is COc1cc(C=Nn2c(-c3ccccc3Cl)n[nH]c2=S)cc(OC)c1OC. The summed E-state index contributed by atoms with van der Waals surface area (Å²) in [4.78, 5) is 0. The molecule has 0 unspecified atom stereocenters. The summed E-state index contributed by atoms with van der Waals surface area (Å²) in [6.45, 7) is 0. The fourth-order valence-electron chi connectivity index (χ4n) is 2.52. The lowest BCUT2D eigenvalue weighted by atomic mass is 10.2. The van der Waals surface area contributed by atoms with Crippen molar-refractivity contribution in [2.45, 2.75) is 0 Å². The van der Waals surface area contributed by atoms with E-state index in [1.165, 1.54) is 4.68 Å². The number of nitrogens with one attached hydrogen (secondary N) is 1. The summed E-state index contributed by atoms with van der Waals surface area (Å²) in [5.74, 6) is 2.07. The summed E-state index contributed by atoms with van der Waals surface area (Å²) < 4.78 is 17.9. The smallest absolute Gasteiger partial charge is 0.216 e. The fraction of sp³-hybridized carbons (Fsp3) is 0.167. The molecule has 0 atom stereocenters. The number of halogens is 1. The van der Waals surface area contributed by atoms with Gasteiger partial charge in [0.15, 0.2) is 17.3 Å². The maximum absolute atomic E-state index is 6.27. The third-order valence-electron chi connectivity index (χ3n) is 3.77. The molecule has 7 nitrogen and oxygen atoms in total. The third-order valence-corrected chi connectivity index (χ3v) is 4.37. The molecule has 0 amide bonds. The van der Waals surface area contributed by atoms with Crippen LogP contribution in [0.15, 0.2) is 41.5 Å². The highest BCUT2D eigenvalue weighted by atomic mass is 35.5. The lowest BCUT2D eigenvalue weighted by Gasteiger charge is -2.12. The second-order valence-electron chi connectivity index (χ2n) is 5.35. The van der Waals surface area contributed by atoms with Crippen molar-refractivity contribution >= 4 is 30.0 Å². The molecule has 1 heterocycles. The van der Waals surface area contributed by atoms with E-state index in [0.717, 1.165) is 5.56 Å². The van der Waals surface area contributed by atoms with Gasteiger partial charge in [0.2, 0.25) is 10.5 Å². The van der Waals surface area contributed by atoms with Crippen molar-refractivity contribution in [1.29, 1.82) is 0 Å². The first-order valence-corrected chi connectivity index (χ1v) is 8.64. The van der Waals surface area contributed by atoms with Gasteiger partial charge in [0.25, 0.3) is 0 Å². The van der Waals surface area contributed by atoms with Crippen molar-refractivity contribution in [1.82, 2.24) is 14.9 Å². The Morgan fingerprint density at radius 3 is 2.37 bits per heavy atom. The molecule has 0 spiro atoms. The van der Waals surface area contributed by atoms with Gasteiger partial charge in [0.1, 0.15) is 0 Å². The number of aromatic amines is 1. The first kappa shape index (κ1) is 18.9. The van der Waals surface area contributed by atoms with Crippen molar-refractivity contribution in [3.05, 3.63) is 51.8 Å². The standard InChI is InChI=1S/C18H17ClN4O3S/c1-24-14-8-11(9-15(25-2)16(14)26-3)10-20-23-17(21-22-18(23)27)12-6-4-5-7-13(12)19/h4-10H,1-3H3,(H,22,27). The molecular formula is C18H17ClN4O3S. The molecule has 2 aromatic carbocycles. The molecule has 0 saturated heterocycles. The van der Waals surface area contributed by atoms with Crippen LogP contribution >= 0.6 is 23.8 Å². The Labute approximate surface area is 166 Å². The second kappa shape index (κ2) is 8.24. The number of benzene rings is 2. The number of aromatic nitrogens is 3. The zero-order valence-electron chi connectivity index (χ0n) is 14.9. The van der Waals surface area contributed by atoms with Crippen LogP contribution in [0.4, 0.5) is 0 Å². The van der Waals surface area contributed by atoms with Crippen molar-refractivity contribution in [2.75, 3.05) is 21.3 Å². The highest BCUT2D eigenvalue weighted by molar-refractivity contribution is 7.71. The van der Waals surface area contributed by atoms with Gasteiger partial charge in [-0.1, -0.05) is 23.7 Å². The zero-order chi connectivity index (χ0) is 19.4. The van der Waals surface area contributed by atoms with Crippen LogP contribution in [-0.2, 0) is 0 Å². The Morgan fingerprint density at radius 1 is 1.11 bits per heavy atom. The van der Waals surface area contributed by atoms with E-state index >= 15 is 0 Å². The molecular weight excluding hydrogens is 388 g/mol. The summed E-state index contributed by atoms with van der Waals surface area (Å²) >= 11 is 11.6. The maximum atomic E-state index is 6.27. The van der Waals surface area contributed by atoms with Crippen LogP contribution in [0.1, 0.15) is 5.56 Å². The van der Waals surface area contributed by atoms with Gasteiger partial charge in [0.05, 0.1) is 32.6 Å². The van der Waals surface area contributed by atoms with Gasteiger partial charge in [-0.3, -0.25) is 0 Å². The summed E-state index contributed by atoms with van der Waals surface area (Å²) in [6.07, 6.45) is 1.62. The van der Waals surface area contributed by atoms with Gasteiger partial charge in [-0.05, 0) is 36.5 Å². The molecule has 0 aliphatic carbocycles. The van der Waals surface area contributed by atoms with Crippen LogP contribution in [0, 0.1) is 4.77 Å². The second-order valence-corrected chi connectivity index (χ2v) is 6.14. The van der Waals surface area contributed by atoms with Gasteiger partial charge in [-0.2, -0.15) is 14.9 Å². The predicted octanol–water partition coefficient (Wildman–Crippen LogP) is 4.17. The van der Waals surface area contributed by atoms with Crippen molar-refractivity contribution < 1.29 is 14.2 Å². The first-order valence-electron chi connectivity index (χ1n) is 7.85. The Hall–Kier alpha value is -2.84. The van der Waals surface area contributed by atoms with Gasteiger partial charge < -0.3 is 14.2 Å². The number of methoxy groups -OCH3 is 3. The number of ether oxygens (including phenoxy) is 3. The molecule has 0 bridgehead atoms. The Morgan fingerprint density at radius 2 is 1.78 bits per heavy atom. The minimum absolute atomic E-state index is 0.341. The molecule has 0 saturated carbocycles. The van der Waals surface area contributed by atoms with Crippen LogP contribution in [0.2, 0.25) is 5.02 Å². The largest absolute Gasteiger partial charge is 0.493 e. The number of nitrogens with zero attached hydrogens (tertiary/aromatic N) is 3. The van der Waals surface area contributed by atoms with Gasteiger partial charge in [-0.15, -0.1) is 0 Å². The summed E-state index contributed by atoms with van der Waals surface area (Å²) in [5.41, 5.74) is 1.45. The highest BCUT2D eigenvalue weighted by Gasteiger charge is 2.14. The maximum Gasteiger partial charge on any atom is 0.216 e. The molecule has 3 aromatic rings. The van der Waals surface area contributed by atoms with Crippen LogP contribution in [-0.4, -0.2) is 42.4 Å². The van der Waals surface area contributed by atoms with Crippen LogP contribution < -0.4 is 14.2 Å². The zero-order valence-corrected chi connectivity index (χ0v) is 16.5. The van der Waals surface area contributed by atoms with Crippen molar-refractivity contribution in [3.63, 3.8) is 0 Å². The van der Waals surface area contributed by atoms with Gasteiger partial charge >= 0.3 is 0 Å². The molecule has 0 fully saturated rings. The van der Waals surface area contributed by atoms with E-state index in [1.54, 1.807) is 45.7 Å². The fourth-order valence-corrected chi connectivity index (χ4v) is 2.92. The molecule has 3 rings (SSSR count). The number of hydrogen-bond donors (Lipinski definition) is 1. The minimum Gasteiger partial charge on any atom is -0.493 e. The molecule has 0 radical (unpaired) electrons. The number of hydrogen-bond acceptors (Lipinski definition) is 6. The Balaban J connectivity index is 2.04. The topological polar surface area (TPSA) is 73.7 Å². The number of rotatable bonds is 6. The average molecular weight is 405 g/mol. The summed E-state index contributed by atoms with van der Waals surface area (Å²) in [5, 5.41) is 12.0. The molecule has 27 heavy (non-hydrogen) atoms. The van der Waals surface area contributed by atoms with Crippen LogP contribution in [0.5, 0.6) is 17.2 Å². The van der Waals surface area contributed by atoms with E-state index in [4.69, 9.17) is 38.0 Å². The Bertz CT molecular complexity index is 1020. The highest BCUT2D eigenvalue weighted by Crippen LogP contribution is 2.37. The lowest BCUT2D eigenvalue weighted by molar-refractivity contribution is 0.324. The van der Waals surface area contributed by atoms with Crippen molar-refractivity contribution in [2.24, 2.45) is 5.10 Å². The predicted molar refractivity (Wildman–Crippen MR) is 107 cm³/mol. The molecule has 0 aliphatic heterocycles. The number of H-pyrrole nitrogens is 1. The van der Waals surface area contributed by atoms with Gasteiger partial charge in [0, 0.05) is 11.1 Å². The first-order chi connectivity index (χ1) is 13.1. The quantitative estimate of drug-likeness (QED) is 0.493. The van der Waals surface area contributed by atoms with Crippen LogP contribution in [0.25, 0.3) is 11.4 Å². The lowest BCUT2D eigenvalue weighted by Crippen LogP contribution is -1.98. The van der Waals surface area contributed by atoms with E-state index in [2.05, 4.69) is 15.3 Å². The van der Waals surface area contributed by atoms with Gasteiger partial charge in [-0.25, -0.2) is 5.10 Å². The van der Waals surface area contributed by atoms with E-state index in [-0.39, 0.29) is 0 Å². The van der Waals surface area contributed by atoms with Crippen LogP contribution in [0.3, 0.4) is 0 Å². The molecule has 9 heteroatoms. The monoisotopic (exact) mass is 404 g/mol. The Kier molecular flexibility index (Phi) is 5.78. The van der Waals surface area contributed by atoms with E-state index in [9.17, 15) is 0 Å². The average Bonchev–Trinajstić information content (AvgIpc) is 3.06. The minimum atomic E-state index is 0.341. The summed E-state index contributed by atoms with van der Waals surface area (Å²) in [6, 6.07) is 10.9. The summed E-state index contributed by atoms with van der Waals surface area (Å²) in [7, 11) is 4.66. The van der Waals surface area contributed by atoms with E-state index in [0.29, 0.717) is 38.4 Å². The molecule has 1 N–H and O–H groups in total. The van der Waals surface area contributed by atoms with Crippen molar-refractivity contribution in [3.8, 4) is 28.6 Å². The third kappa shape index (κ3) is 3.81. The normalized spacial score (nSPS) is 11.0. The molecule has 0 aliphatic rings. The van der Waals surface area contributed by atoms with E-state index < -0.39 is 0 Å².